The Balaban J connectivity index is 0.00000300. The van der Waals surface area contributed by atoms with Gasteiger partial charge in [0.15, 0.2) is 0 Å². The van der Waals surface area contributed by atoms with E-state index in [2.05, 4.69) is 17.4 Å². The summed E-state index contributed by atoms with van der Waals surface area (Å²) in [5.41, 5.74) is 6.99. The topological polar surface area (TPSA) is 78.7 Å². The van der Waals surface area contributed by atoms with Crippen molar-refractivity contribution in [3.63, 3.8) is 0 Å². The molecule has 2 aliphatic rings. The monoisotopic (exact) mass is 422 g/mol. The molecular weight excluding hydrogens is 388 g/mol. The maximum atomic E-state index is 13.1. The minimum Gasteiger partial charge on any atom is -0.341 e. The smallest absolute Gasteiger partial charge is 0.317 e. The van der Waals surface area contributed by atoms with Gasteiger partial charge < -0.3 is 20.9 Å². The molecular formula is C22H35ClN4O2. The predicted molar refractivity (Wildman–Crippen MR) is 118 cm³/mol. The summed E-state index contributed by atoms with van der Waals surface area (Å²) in [6.45, 7) is 2.95. The molecule has 6 nitrogen and oxygen atoms in total. The molecule has 1 aliphatic carbocycles. The highest BCUT2D eigenvalue weighted by atomic mass is 35.5. The number of nitrogens with two attached hydrogens (primary N) is 1. The number of urea groups is 1. The van der Waals surface area contributed by atoms with Crippen LogP contribution >= 0.6 is 12.4 Å². The van der Waals surface area contributed by atoms with Gasteiger partial charge >= 0.3 is 6.03 Å². The zero-order chi connectivity index (χ0) is 19.8. The summed E-state index contributed by atoms with van der Waals surface area (Å²) in [6, 6.07) is 10.5. The van der Waals surface area contributed by atoms with Crippen LogP contribution in [0.25, 0.3) is 0 Å². The number of hydrogen-bond acceptors (Lipinski definition) is 3. The number of likely N-dealkylation sites (tertiary alicyclic amines) is 1. The molecule has 1 saturated carbocycles. The number of piperidine rings is 1. The Morgan fingerprint density at radius 1 is 1.07 bits per heavy atom. The molecule has 0 radical (unpaired) electrons. The van der Waals surface area contributed by atoms with Gasteiger partial charge in [0, 0.05) is 38.8 Å². The SMILES string of the molecule is Cl.NCCN(CCc1ccccc1)C(=O)C1CCCN(C(=O)NC2CCCC2)C1. The summed E-state index contributed by atoms with van der Waals surface area (Å²) in [5, 5.41) is 3.15. The standard InChI is InChI=1S/C22H34N4O2.ClH/c23-13-16-25(15-12-18-7-2-1-3-8-18)21(27)19-9-6-14-26(17-19)22(28)24-20-10-4-5-11-20;/h1-3,7-8,19-20H,4-6,9-17,23H2,(H,24,28);1H. The lowest BCUT2D eigenvalue weighted by atomic mass is 9.96. The summed E-state index contributed by atoms with van der Waals surface area (Å²) in [6.07, 6.45) is 7.09. The number of rotatable bonds is 7. The van der Waals surface area contributed by atoms with Crippen LogP contribution in [0, 0.1) is 5.92 Å². The van der Waals surface area contributed by atoms with E-state index in [0.717, 1.165) is 38.6 Å². The Bertz CT molecular complexity index is 637. The van der Waals surface area contributed by atoms with Crippen LogP contribution in [0.3, 0.4) is 0 Å². The van der Waals surface area contributed by atoms with Gasteiger partial charge in [0.25, 0.3) is 0 Å². The van der Waals surface area contributed by atoms with Crippen molar-refractivity contribution in [1.82, 2.24) is 15.1 Å². The number of benzene rings is 1. The van der Waals surface area contributed by atoms with Crippen molar-refractivity contribution in [2.24, 2.45) is 11.7 Å². The van der Waals surface area contributed by atoms with E-state index in [1.54, 1.807) is 0 Å². The Hall–Kier alpha value is -1.79. The van der Waals surface area contributed by atoms with Gasteiger partial charge in [0.2, 0.25) is 5.91 Å². The molecule has 1 aliphatic heterocycles. The summed E-state index contributed by atoms with van der Waals surface area (Å²) in [4.78, 5) is 29.5. The van der Waals surface area contributed by atoms with Gasteiger partial charge in [0.1, 0.15) is 0 Å². The van der Waals surface area contributed by atoms with Crippen molar-refractivity contribution in [2.45, 2.75) is 51.0 Å². The van der Waals surface area contributed by atoms with Crippen molar-refractivity contribution < 1.29 is 9.59 Å². The number of nitrogens with one attached hydrogen (secondary N) is 1. The van der Waals surface area contributed by atoms with Gasteiger partial charge in [-0.2, -0.15) is 0 Å². The molecule has 1 saturated heterocycles. The highest BCUT2D eigenvalue weighted by Gasteiger charge is 2.32. The van der Waals surface area contributed by atoms with Crippen LogP contribution in [0.5, 0.6) is 0 Å². The highest BCUT2D eigenvalue weighted by molar-refractivity contribution is 5.85. The van der Waals surface area contributed by atoms with Crippen LogP contribution in [0.1, 0.15) is 44.1 Å². The summed E-state index contributed by atoms with van der Waals surface area (Å²) < 4.78 is 0. The van der Waals surface area contributed by atoms with Crippen LogP contribution in [0.2, 0.25) is 0 Å². The van der Waals surface area contributed by atoms with Crippen molar-refractivity contribution >= 4 is 24.3 Å². The number of nitrogens with zero attached hydrogens (tertiary/aromatic N) is 2. The first-order valence-corrected chi connectivity index (χ1v) is 10.8. The fourth-order valence-electron chi connectivity index (χ4n) is 4.35. The molecule has 1 heterocycles. The second kappa shape index (κ2) is 12.0. The number of hydrogen-bond donors (Lipinski definition) is 2. The third-order valence-electron chi connectivity index (χ3n) is 5.96. The fourth-order valence-corrected chi connectivity index (χ4v) is 4.35. The molecule has 0 spiro atoms. The quantitative estimate of drug-likeness (QED) is 0.709. The summed E-state index contributed by atoms with van der Waals surface area (Å²) in [5.74, 6) is 0.0187. The lowest BCUT2D eigenvalue weighted by Crippen LogP contribution is -2.51. The predicted octanol–water partition coefficient (Wildman–Crippen LogP) is 2.80. The van der Waals surface area contributed by atoms with Crippen LogP contribution in [-0.4, -0.2) is 60.5 Å². The lowest BCUT2D eigenvalue weighted by Gasteiger charge is -2.35. The van der Waals surface area contributed by atoms with E-state index in [4.69, 9.17) is 5.73 Å². The molecule has 1 aromatic rings. The first kappa shape index (κ1) is 23.5. The van der Waals surface area contributed by atoms with Crippen LogP contribution < -0.4 is 11.1 Å². The molecule has 3 N–H and O–H groups in total. The molecule has 29 heavy (non-hydrogen) atoms. The van der Waals surface area contributed by atoms with Gasteiger partial charge in [-0.1, -0.05) is 43.2 Å². The first-order chi connectivity index (χ1) is 13.7. The molecule has 1 aromatic carbocycles. The summed E-state index contributed by atoms with van der Waals surface area (Å²) >= 11 is 0. The lowest BCUT2D eigenvalue weighted by molar-refractivity contribution is -0.136. The van der Waals surface area contributed by atoms with E-state index < -0.39 is 0 Å². The largest absolute Gasteiger partial charge is 0.341 e. The molecule has 0 aromatic heterocycles. The average molecular weight is 423 g/mol. The summed E-state index contributed by atoms with van der Waals surface area (Å²) in [7, 11) is 0. The molecule has 3 amide bonds. The van der Waals surface area contributed by atoms with E-state index in [1.807, 2.05) is 28.0 Å². The first-order valence-electron chi connectivity index (χ1n) is 10.8. The Kier molecular flexibility index (Phi) is 9.74. The third kappa shape index (κ3) is 6.89. The van der Waals surface area contributed by atoms with E-state index >= 15 is 0 Å². The van der Waals surface area contributed by atoms with Crippen molar-refractivity contribution in [2.75, 3.05) is 32.7 Å². The van der Waals surface area contributed by atoms with Crippen LogP contribution in [0.4, 0.5) is 4.79 Å². The number of amides is 3. The van der Waals surface area contributed by atoms with Gasteiger partial charge in [-0.15, -0.1) is 12.4 Å². The zero-order valence-corrected chi connectivity index (χ0v) is 18.0. The molecule has 1 unspecified atom stereocenters. The Morgan fingerprint density at radius 2 is 1.79 bits per heavy atom. The molecule has 1 atom stereocenters. The zero-order valence-electron chi connectivity index (χ0n) is 17.2. The number of carbonyl (C=O) groups is 2. The van der Waals surface area contributed by atoms with Gasteiger partial charge in [-0.05, 0) is 37.7 Å². The second-order valence-corrected chi connectivity index (χ2v) is 8.07. The second-order valence-electron chi connectivity index (χ2n) is 8.07. The van der Waals surface area contributed by atoms with Crippen LogP contribution in [-0.2, 0) is 11.2 Å². The molecule has 162 valence electrons. The fraction of sp³-hybridized carbons (Fsp3) is 0.636. The van der Waals surface area contributed by atoms with E-state index in [-0.39, 0.29) is 30.3 Å². The Labute approximate surface area is 180 Å². The van der Waals surface area contributed by atoms with E-state index in [1.165, 1.54) is 18.4 Å². The normalized spacial score (nSPS) is 19.5. The highest BCUT2D eigenvalue weighted by Crippen LogP contribution is 2.21. The maximum absolute atomic E-state index is 13.1. The Morgan fingerprint density at radius 3 is 2.48 bits per heavy atom. The van der Waals surface area contributed by atoms with Crippen molar-refractivity contribution in [3.05, 3.63) is 35.9 Å². The van der Waals surface area contributed by atoms with E-state index in [9.17, 15) is 9.59 Å². The minimum absolute atomic E-state index is 0. The molecule has 7 heteroatoms. The molecule has 3 rings (SSSR count). The average Bonchev–Trinajstić information content (AvgIpc) is 3.24. The van der Waals surface area contributed by atoms with Gasteiger partial charge in [-0.3, -0.25) is 4.79 Å². The third-order valence-corrected chi connectivity index (χ3v) is 5.96. The minimum atomic E-state index is -0.120. The number of carbonyl (C=O) groups excluding carboxylic acids is 2. The van der Waals surface area contributed by atoms with Gasteiger partial charge in [0.05, 0.1) is 5.92 Å². The van der Waals surface area contributed by atoms with Crippen molar-refractivity contribution in [1.29, 1.82) is 0 Å². The maximum Gasteiger partial charge on any atom is 0.317 e. The van der Waals surface area contributed by atoms with Gasteiger partial charge in [-0.25, -0.2) is 4.79 Å². The van der Waals surface area contributed by atoms with Crippen molar-refractivity contribution in [3.8, 4) is 0 Å². The molecule has 2 fully saturated rings. The van der Waals surface area contributed by atoms with E-state index in [0.29, 0.717) is 32.2 Å². The molecule has 0 bridgehead atoms. The number of halogens is 1. The van der Waals surface area contributed by atoms with Crippen LogP contribution in [0.15, 0.2) is 30.3 Å².